The van der Waals surface area contributed by atoms with E-state index in [4.69, 9.17) is 0 Å². The topological polar surface area (TPSA) is 101 Å². The van der Waals surface area contributed by atoms with Gasteiger partial charge >= 0.3 is 0 Å². The van der Waals surface area contributed by atoms with Crippen LogP contribution in [0.4, 0.5) is 0 Å². The third kappa shape index (κ3) is 2.85. The molecule has 3 rings (SSSR count). The number of nitrogens with zero attached hydrogens (tertiary/aromatic N) is 6. The van der Waals surface area contributed by atoms with Crippen molar-refractivity contribution in [2.75, 3.05) is 13.1 Å². The highest BCUT2D eigenvalue weighted by Gasteiger charge is 2.20. The van der Waals surface area contributed by atoms with Crippen LogP contribution in [0.15, 0.2) is 29.5 Å². The summed E-state index contributed by atoms with van der Waals surface area (Å²) < 4.78 is 2.92. The van der Waals surface area contributed by atoms with Crippen molar-refractivity contribution in [1.82, 2.24) is 34.3 Å². The first kappa shape index (κ1) is 14.9. The van der Waals surface area contributed by atoms with Gasteiger partial charge in [0.1, 0.15) is 11.4 Å². The molecule has 0 saturated carbocycles. The van der Waals surface area contributed by atoms with E-state index in [9.17, 15) is 9.59 Å². The molecule has 3 heterocycles. The van der Waals surface area contributed by atoms with E-state index in [1.54, 1.807) is 22.7 Å². The molecule has 0 saturated heterocycles. The summed E-state index contributed by atoms with van der Waals surface area (Å²) in [7, 11) is 0. The predicted molar refractivity (Wildman–Crippen MR) is 82.1 cm³/mol. The Bertz CT molecular complexity index is 878. The van der Waals surface area contributed by atoms with Crippen molar-refractivity contribution < 1.29 is 4.79 Å². The number of aromatic amines is 1. The molecular weight excluding hydrogens is 298 g/mol. The van der Waals surface area contributed by atoms with E-state index in [0.29, 0.717) is 25.5 Å². The van der Waals surface area contributed by atoms with Crippen LogP contribution in [-0.4, -0.2) is 53.3 Å². The zero-order valence-corrected chi connectivity index (χ0v) is 12.9. The van der Waals surface area contributed by atoms with Crippen molar-refractivity contribution in [3.63, 3.8) is 0 Å². The molecule has 9 heteroatoms. The van der Waals surface area contributed by atoms with Gasteiger partial charge in [-0.25, -0.2) is 4.98 Å². The third-order valence-electron chi connectivity index (χ3n) is 3.54. The van der Waals surface area contributed by atoms with E-state index < -0.39 is 5.56 Å². The van der Waals surface area contributed by atoms with E-state index >= 15 is 0 Å². The summed E-state index contributed by atoms with van der Waals surface area (Å²) in [4.78, 5) is 34.8. The van der Waals surface area contributed by atoms with Gasteiger partial charge in [0.15, 0.2) is 0 Å². The Morgan fingerprint density at radius 1 is 1.43 bits per heavy atom. The molecule has 120 valence electrons. The lowest BCUT2D eigenvalue weighted by Gasteiger charge is -2.20. The normalized spacial score (nSPS) is 11.0. The van der Waals surface area contributed by atoms with Crippen LogP contribution in [0.2, 0.25) is 0 Å². The molecule has 1 N–H and O–H groups in total. The molecule has 0 radical (unpaired) electrons. The van der Waals surface area contributed by atoms with Crippen molar-refractivity contribution in [2.45, 2.75) is 20.4 Å². The molecule has 9 nitrogen and oxygen atoms in total. The maximum atomic E-state index is 12.6. The van der Waals surface area contributed by atoms with Gasteiger partial charge < -0.3 is 4.90 Å². The van der Waals surface area contributed by atoms with Crippen LogP contribution in [0.3, 0.4) is 0 Å². The van der Waals surface area contributed by atoms with Crippen LogP contribution in [0.5, 0.6) is 0 Å². The average Bonchev–Trinajstić information content (AvgIpc) is 3.17. The van der Waals surface area contributed by atoms with E-state index in [0.717, 1.165) is 0 Å². The fourth-order valence-electron chi connectivity index (χ4n) is 2.34. The first-order valence-electron chi connectivity index (χ1n) is 7.31. The molecule has 0 spiro atoms. The number of hydrogen-bond acceptors (Lipinski definition) is 5. The first-order valence-corrected chi connectivity index (χ1v) is 7.31. The molecular formula is C14H17N7O2. The van der Waals surface area contributed by atoms with Crippen LogP contribution >= 0.6 is 0 Å². The van der Waals surface area contributed by atoms with Crippen LogP contribution in [0.1, 0.15) is 23.1 Å². The number of carbonyl (C=O) groups is 1. The molecule has 1 amide bonds. The van der Waals surface area contributed by atoms with E-state index in [2.05, 4.69) is 20.2 Å². The Morgan fingerprint density at radius 2 is 2.26 bits per heavy atom. The monoisotopic (exact) mass is 315 g/mol. The van der Waals surface area contributed by atoms with Crippen molar-refractivity contribution >= 4 is 11.7 Å². The van der Waals surface area contributed by atoms with E-state index in [1.165, 1.54) is 10.7 Å². The standard InChI is InChI=1S/C14H17N7O2/c1-3-19(7-8-20-6-4-5-16-20)12(22)11-9-15-14-17-10(2)18-21(14)13(11)23/h4-6,9H,3,7-8H2,1-2H3,(H,15,17,18). The lowest BCUT2D eigenvalue weighted by Crippen LogP contribution is -2.38. The quantitative estimate of drug-likeness (QED) is 0.719. The second kappa shape index (κ2) is 6.03. The van der Waals surface area contributed by atoms with Crippen molar-refractivity contribution in [3.05, 3.63) is 46.4 Å². The highest BCUT2D eigenvalue weighted by Crippen LogP contribution is 2.02. The first-order chi connectivity index (χ1) is 11.1. The van der Waals surface area contributed by atoms with Crippen LogP contribution in [0.25, 0.3) is 5.78 Å². The highest BCUT2D eigenvalue weighted by molar-refractivity contribution is 5.93. The van der Waals surface area contributed by atoms with Gasteiger partial charge in [-0.05, 0) is 19.9 Å². The lowest BCUT2D eigenvalue weighted by molar-refractivity contribution is 0.0754. The fourth-order valence-corrected chi connectivity index (χ4v) is 2.34. The number of likely N-dealkylation sites (N-methyl/N-ethyl adjacent to an activating group) is 1. The van der Waals surface area contributed by atoms with E-state index in [1.807, 2.05) is 19.2 Å². The predicted octanol–water partition coefficient (Wildman–Crippen LogP) is 0.0848. The zero-order chi connectivity index (χ0) is 16.4. The van der Waals surface area contributed by atoms with Crippen LogP contribution < -0.4 is 5.56 Å². The summed E-state index contributed by atoms with van der Waals surface area (Å²) >= 11 is 0. The number of rotatable bonds is 5. The lowest BCUT2D eigenvalue weighted by atomic mass is 10.3. The van der Waals surface area contributed by atoms with Gasteiger partial charge in [0.25, 0.3) is 17.2 Å². The van der Waals surface area contributed by atoms with Crippen molar-refractivity contribution in [1.29, 1.82) is 0 Å². The third-order valence-corrected chi connectivity index (χ3v) is 3.54. The number of carbonyl (C=O) groups excluding carboxylic acids is 1. The second-order valence-electron chi connectivity index (χ2n) is 5.08. The Labute approximate surface area is 131 Å². The molecule has 0 aliphatic carbocycles. The molecule has 0 atom stereocenters. The van der Waals surface area contributed by atoms with Crippen LogP contribution in [0, 0.1) is 6.92 Å². The average molecular weight is 315 g/mol. The van der Waals surface area contributed by atoms with Gasteiger partial charge in [0, 0.05) is 31.7 Å². The molecule has 0 unspecified atom stereocenters. The van der Waals surface area contributed by atoms with Gasteiger partial charge in [0.2, 0.25) is 0 Å². The van der Waals surface area contributed by atoms with Crippen molar-refractivity contribution in [3.8, 4) is 0 Å². The van der Waals surface area contributed by atoms with Gasteiger partial charge in [-0.3, -0.25) is 19.4 Å². The summed E-state index contributed by atoms with van der Waals surface area (Å²) in [5.41, 5.74) is -0.424. The number of aromatic nitrogens is 6. The molecule has 3 aromatic heterocycles. The molecule has 0 aliphatic rings. The summed E-state index contributed by atoms with van der Waals surface area (Å²) in [6.07, 6.45) is 4.80. The van der Waals surface area contributed by atoms with Crippen LogP contribution in [-0.2, 0) is 6.54 Å². The summed E-state index contributed by atoms with van der Waals surface area (Å²) in [5, 5.41) is 6.88. The maximum absolute atomic E-state index is 12.6. The minimum Gasteiger partial charge on any atom is -0.337 e. The second-order valence-corrected chi connectivity index (χ2v) is 5.08. The smallest absolute Gasteiger partial charge is 0.286 e. The number of aryl methyl sites for hydroxylation is 1. The number of amides is 1. The minimum absolute atomic E-state index is 0.0217. The van der Waals surface area contributed by atoms with Crippen molar-refractivity contribution in [2.24, 2.45) is 0 Å². The molecule has 0 bridgehead atoms. The zero-order valence-electron chi connectivity index (χ0n) is 12.9. The Kier molecular flexibility index (Phi) is 3.92. The Morgan fingerprint density at radius 3 is 2.96 bits per heavy atom. The Hall–Kier alpha value is -2.97. The molecule has 3 aromatic rings. The summed E-state index contributed by atoms with van der Waals surface area (Å²) in [5.74, 6) is 0.465. The minimum atomic E-state index is -0.446. The highest BCUT2D eigenvalue weighted by atomic mass is 16.2. The Balaban J connectivity index is 1.85. The van der Waals surface area contributed by atoms with Gasteiger partial charge in [-0.15, -0.1) is 0 Å². The van der Waals surface area contributed by atoms with Gasteiger partial charge in [-0.2, -0.15) is 14.6 Å². The maximum Gasteiger partial charge on any atom is 0.286 e. The van der Waals surface area contributed by atoms with Gasteiger partial charge in [-0.1, -0.05) is 0 Å². The molecule has 0 aliphatic heterocycles. The number of nitrogens with one attached hydrogen (secondary N) is 1. The molecule has 23 heavy (non-hydrogen) atoms. The summed E-state index contributed by atoms with van der Waals surface area (Å²) in [6, 6.07) is 1.82. The van der Waals surface area contributed by atoms with E-state index in [-0.39, 0.29) is 17.2 Å². The largest absolute Gasteiger partial charge is 0.337 e. The number of hydrogen-bond donors (Lipinski definition) is 1. The SMILES string of the molecule is CCN(CCn1cccn1)C(=O)c1cnc2nc(C)[nH]n2c1=O. The molecule has 0 aromatic carbocycles. The molecule has 0 fully saturated rings. The summed E-state index contributed by atoms with van der Waals surface area (Å²) in [6.45, 7) is 5.10. The van der Waals surface area contributed by atoms with Gasteiger partial charge in [0.05, 0.1) is 6.54 Å². The number of fused-ring (bicyclic) bond motifs is 1. The fraction of sp³-hybridized carbons (Fsp3) is 0.357. The number of H-pyrrole nitrogens is 1.